The molecule has 12 heteroatoms. The number of hydrogen-bond donors (Lipinski definition) is 2. The van der Waals surface area contributed by atoms with Crippen LogP contribution in [0.2, 0.25) is 0 Å². The van der Waals surface area contributed by atoms with Crippen molar-refractivity contribution in [3.63, 3.8) is 0 Å². The lowest BCUT2D eigenvalue weighted by Gasteiger charge is -2.32. The van der Waals surface area contributed by atoms with Gasteiger partial charge >= 0.3 is 15.5 Å². The second kappa shape index (κ2) is 9.72. The van der Waals surface area contributed by atoms with Gasteiger partial charge in [-0.1, -0.05) is 12.1 Å². The molecule has 1 fully saturated rings. The number of alkyl halides is 3. The van der Waals surface area contributed by atoms with E-state index in [1.165, 1.54) is 26.3 Å². The molecular weight excluding hydrogens is 416 g/mol. The highest BCUT2D eigenvalue weighted by molar-refractivity contribution is 7.90. The summed E-state index contributed by atoms with van der Waals surface area (Å²) >= 11 is 0. The fraction of sp³-hybridized carbons (Fsp3) is 0.588. The number of halogens is 4. The molecule has 1 saturated heterocycles. The summed E-state index contributed by atoms with van der Waals surface area (Å²) in [6, 6.07) is 5.65. The number of hydrogen-bond acceptors (Lipinski definition) is 4. The molecule has 1 heterocycles. The lowest BCUT2D eigenvalue weighted by atomic mass is 10.1. The number of nitrogens with one attached hydrogen (secondary N) is 2. The standard InChI is InChI=1S/C17H24F4N4O3S/c1-22-16(23-11-15(28-2)12-3-5-13(18)6-4-12)24-14-7-9-25(10-8-14)29(26,27)17(19,20)21/h3-6,14-15H,7-11H2,1-2H3,(H2,22,23,24). The summed E-state index contributed by atoms with van der Waals surface area (Å²) in [7, 11) is -2.24. The molecule has 0 spiro atoms. The highest BCUT2D eigenvalue weighted by Crippen LogP contribution is 2.29. The smallest absolute Gasteiger partial charge is 0.375 e. The van der Waals surface area contributed by atoms with Gasteiger partial charge in [-0.25, -0.2) is 12.8 Å². The lowest BCUT2D eigenvalue weighted by Crippen LogP contribution is -2.52. The van der Waals surface area contributed by atoms with E-state index in [4.69, 9.17) is 4.74 Å². The minimum Gasteiger partial charge on any atom is -0.375 e. The van der Waals surface area contributed by atoms with Gasteiger partial charge in [0.05, 0.1) is 6.10 Å². The molecule has 1 unspecified atom stereocenters. The molecule has 0 amide bonds. The van der Waals surface area contributed by atoms with Crippen LogP contribution in [0.1, 0.15) is 24.5 Å². The fourth-order valence-electron chi connectivity index (χ4n) is 2.98. The van der Waals surface area contributed by atoms with Crippen LogP contribution in [0.5, 0.6) is 0 Å². The van der Waals surface area contributed by atoms with Crippen molar-refractivity contribution < 1.29 is 30.7 Å². The maximum atomic E-state index is 13.1. The van der Waals surface area contributed by atoms with Crippen LogP contribution in [0.25, 0.3) is 0 Å². The average molecular weight is 440 g/mol. The Morgan fingerprint density at radius 2 is 1.86 bits per heavy atom. The zero-order valence-electron chi connectivity index (χ0n) is 16.0. The number of piperidine rings is 1. The number of aliphatic imine (C=N–C) groups is 1. The minimum absolute atomic E-state index is 0.210. The summed E-state index contributed by atoms with van der Waals surface area (Å²) in [4.78, 5) is 4.07. The van der Waals surface area contributed by atoms with Crippen LogP contribution in [-0.4, -0.2) is 64.0 Å². The van der Waals surface area contributed by atoms with Crippen molar-refractivity contribution in [1.29, 1.82) is 0 Å². The van der Waals surface area contributed by atoms with Gasteiger partial charge in [0, 0.05) is 39.8 Å². The first kappa shape index (κ1) is 23.4. The Kier molecular flexibility index (Phi) is 7.83. The Morgan fingerprint density at radius 1 is 1.28 bits per heavy atom. The van der Waals surface area contributed by atoms with Crippen LogP contribution in [0.4, 0.5) is 17.6 Å². The van der Waals surface area contributed by atoms with E-state index in [1.807, 2.05) is 0 Å². The van der Waals surface area contributed by atoms with E-state index in [0.29, 0.717) is 16.8 Å². The van der Waals surface area contributed by atoms with Crippen LogP contribution < -0.4 is 10.6 Å². The number of methoxy groups -OCH3 is 1. The molecule has 1 aromatic rings. The lowest BCUT2D eigenvalue weighted by molar-refractivity contribution is -0.0494. The third-order valence-electron chi connectivity index (χ3n) is 4.63. The summed E-state index contributed by atoms with van der Waals surface area (Å²) < 4.78 is 79.8. The highest BCUT2D eigenvalue weighted by Gasteiger charge is 2.50. The second-order valence-corrected chi connectivity index (χ2v) is 8.43. The largest absolute Gasteiger partial charge is 0.511 e. The molecule has 0 aromatic heterocycles. The van der Waals surface area contributed by atoms with Crippen molar-refractivity contribution in [3.8, 4) is 0 Å². The summed E-state index contributed by atoms with van der Waals surface area (Å²) in [5.41, 5.74) is -4.53. The van der Waals surface area contributed by atoms with Crippen LogP contribution in [0.15, 0.2) is 29.3 Å². The first-order valence-corrected chi connectivity index (χ1v) is 10.3. The molecule has 7 nitrogen and oxygen atoms in total. The number of sulfonamides is 1. The summed E-state index contributed by atoms with van der Waals surface area (Å²) in [6.07, 6.45) is 0.0523. The molecule has 1 aliphatic heterocycles. The molecule has 2 rings (SSSR count). The predicted molar refractivity (Wildman–Crippen MR) is 100 cm³/mol. The van der Waals surface area contributed by atoms with Gasteiger partial charge in [0.25, 0.3) is 0 Å². The van der Waals surface area contributed by atoms with Crippen LogP contribution in [-0.2, 0) is 14.8 Å². The van der Waals surface area contributed by atoms with E-state index in [-0.39, 0.29) is 43.9 Å². The van der Waals surface area contributed by atoms with E-state index < -0.39 is 15.5 Å². The normalized spacial score (nSPS) is 18.5. The second-order valence-electron chi connectivity index (χ2n) is 6.50. The van der Waals surface area contributed by atoms with E-state index in [0.717, 1.165) is 5.56 Å². The summed E-state index contributed by atoms with van der Waals surface area (Å²) in [6.45, 7) is -0.136. The Morgan fingerprint density at radius 3 is 2.34 bits per heavy atom. The molecule has 0 aliphatic carbocycles. The third kappa shape index (κ3) is 6.03. The van der Waals surface area contributed by atoms with E-state index in [9.17, 15) is 26.0 Å². The van der Waals surface area contributed by atoms with Gasteiger partial charge in [0.15, 0.2) is 5.96 Å². The molecule has 1 aromatic carbocycles. The quantitative estimate of drug-likeness (QED) is 0.402. The Bertz CT molecular complexity index is 792. The topological polar surface area (TPSA) is 83.0 Å². The van der Waals surface area contributed by atoms with Gasteiger partial charge in [-0.05, 0) is 30.5 Å². The monoisotopic (exact) mass is 440 g/mol. The molecule has 0 radical (unpaired) electrons. The zero-order chi connectivity index (χ0) is 21.7. The van der Waals surface area contributed by atoms with Gasteiger partial charge in [-0.15, -0.1) is 0 Å². The van der Waals surface area contributed by atoms with Crippen molar-refractivity contribution in [2.75, 3.05) is 33.8 Å². The van der Waals surface area contributed by atoms with Gasteiger partial charge < -0.3 is 15.4 Å². The Hall–Kier alpha value is -1.92. The Balaban J connectivity index is 1.87. The van der Waals surface area contributed by atoms with Gasteiger partial charge in [0.1, 0.15) is 5.82 Å². The SMILES string of the molecule is CN=C(NCC(OC)c1ccc(F)cc1)NC1CCN(S(=O)(=O)C(F)(F)F)CC1. The minimum atomic E-state index is -5.30. The molecule has 2 N–H and O–H groups in total. The van der Waals surface area contributed by atoms with E-state index >= 15 is 0 Å². The Labute approximate surface area is 167 Å². The summed E-state index contributed by atoms with van der Waals surface area (Å²) in [5, 5.41) is 6.13. The van der Waals surface area contributed by atoms with Crippen molar-refractivity contribution in [2.45, 2.75) is 30.5 Å². The maximum absolute atomic E-state index is 13.1. The number of nitrogens with zero attached hydrogens (tertiary/aromatic N) is 2. The summed E-state index contributed by atoms with van der Waals surface area (Å²) in [5.74, 6) is 0.0548. The third-order valence-corrected chi connectivity index (χ3v) is 6.26. The number of rotatable bonds is 6. The van der Waals surface area contributed by atoms with Crippen LogP contribution in [0.3, 0.4) is 0 Å². The maximum Gasteiger partial charge on any atom is 0.511 e. The van der Waals surface area contributed by atoms with Crippen molar-refractivity contribution in [1.82, 2.24) is 14.9 Å². The fourth-order valence-corrected chi connectivity index (χ4v) is 3.96. The first-order chi connectivity index (χ1) is 13.6. The molecule has 1 aliphatic rings. The van der Waals surface area contributed by atoms with E-state index in [2.05, 4.69) is 15.6 Å². The van der Waals surface area contributed by atoms with E-state index in [1.54, 1.807) is 12.1 Å². The van der Waals surface area contributed by atoms with Crippen LogP contribution >= 0.6 is 0 Å². The van der Waals surface area contributed by atoms with Crippen LogP contribution in [0, 0.1) is 5.82 Å². The molecule has 0 bridgehead atoms. The van der Waals surface area contributed by atoms with Gasteiger partial charge in [-0.2, -0.15) is 17.5 Å². The van der Waals surface area contributed by atoms with Crippen molar-refractivity contribution >= 4 is 16.0 Å². The van der Waals surface area contributed by atoms with Crippen molar-refractivity contribution in [3.05, 3.63) is 35.6 Å². The molecule has 0 saturated carbocycles. The van der Waals surface area contributed by atoms with Gasteiger partial charge in [0.2, 0.25) is 0 Å². The zero-order valence-corrected chi connectivity index (χ0v) is 16.9. The first-order valence-electron chi connectivity index (χ1n) is 8.90. The van der Waals surface area contributed by atoms with Crippen molar-refractivity contribution in [2.24, 2.45) is 4.99 Å². The highest BCUT2D eigenvalue weighted by atomic mass is 32.2. The number of ether oxygens (including phenoxy) is 1. The number of guanidine groups is 1. The molecular formula is C17H24F4N4O3S. The van der Waals surface area contributed by atoms with Gasteiger partial charge in [-0.3, -0.25) is 4.99 Å². The average Bonchev–Trinajstić information content (AvgIpc) is 2.68. The molecule has 1 atom stereocenters. The predicted octanol–water partition coefficient (Wildman–Crippen LogP) is 1.99. The number of benzene rings is 1. The molecule has 164 valence electrons. The molecule has 29 heavy (non-hydrogen) atoms.